The first-order chi connectivity index (χ1) is 13.6. The second-order valence-electron chi connectivity index (χ2n) is 6.03. The van der Waals surface area contributed by atoms with E-state index in [4.69, 9.17) is 16.3 Å². The molecule has 0 saturated heterocycles. The quantitative estimate of drug-likeness (QED) is 0.234. The number of carbonyl (C=O) groups excluding carboxylic acids is 1. The molecule has 0 unspecified atom stereocenters. The van der Waals surface area contributed by atoms with Crippen LogP contribution in [0.4, 0.5) is 0 Å². The maximum Gasteiger partial charge on any atom is 0.191 e. The predicted octanol–water partition coefficient (Wildman–Crippen LogP) is 5.37. The van der Waals surface area contributed by atoms with Crippen LogP contribution in [0.3, 0.4) is 0 Å². The van der Waals surface area contributed by atoms with Crippen LogP contribution >= 0.6 is 39.3 Å². The van der Waals surface area contributed by atoms with Crippen LogP contribution in [-0.2, 0) is 11.3 Å². The van der Waals surface area contributed by atoms with E-state index < -0.39 is 0 Å². The number of ether oxygens (including phenoxy) is 1. The molecule has 0 fully saturated rings. The molecular formula is C20H19BrClN3O2S. The van der Waals surface area contributed by atoms with E-state index in [-0.39, 0.29) is 5.78 Å². The zero-order valence-corrected chi connectivity index (χ0v) is 18.4. The van der Waals surface area contributed by atoms with Gasteiger partial charge in [-0.3, -0.25) is 4.79 Å². The molecule has 3 rings (SSSR count). The average molecular weight is 481 g/mol. The summed E-state index contributed by atoms with van der Waals surface area (Å²) in [6.45, 7) is 1.34. The molecule has 0 atom stereocenters. The van der Waals surface area contributed by atoms with Crippen LogP contribution in [0.25, 0.3) is 11.4 Å². The largest absolute Gasteiger partial charge is 0.385 e. The SMILES string of the molecule is COCCCn1c(SCC(=O)c2ccc(Br)cc2)nnc1-c1ccc(Cl)cc1. The summed E-state index contributed by atoms with van der Waals surface area (Å²) in [4.78, 5) is 12.5. The lowest BCUT2D eigenvalue weighted by Crippen LogP contribution is -2.07. The van der Waals surface area contributed by atoms with Crippen molar-refractivity contribution in [1.82, 2.24) is 14.8 Å². The molecule has 0 aliphatic rings. The summed E-state index contributed by atoms with van der Waals surface area (Å²) in [6.07, 6.45) is 0.823. The summed E-state index contributed by atoms with van der Waals surface area (Å²) in [6, 6.07) is 14.9. The van der Waals surface area contributed by atoms with Gasteiger partial charge >= 0.3 is 0 Å². The molecule has 1 aromatic heterocycles. The highest BCUT2D eigenvalue weighted by Crippen LogP contribution is 2.26. The number of carbonyl (C=O) groups is 1. The first-order valence-electron chi connectivity index (χ1n) is 8.68. The Kier molecular flexibility index (Phi) is 7.67. The van der Waals surface area contributed by atoms with Crippen molar-refractivity contribution < 1.29 is 9.53 Å². The van der Waals surface area contributed by atoms with Gasteiger partial charge in [0.05, 0.1) is 5.75 Å². The van der Waals surface area contributed by atoms with E-state index in [1.54, 1.807) is 7.11 Å². The first-order valence-corrected chi connectivity index (χ1v) is 10.8. The van der Waals surface area contributed by atoms with Gasteiger partial charge in [-0.05, 0) is 42.8 Å². The van der Waals surface area contributed by atoms with Gasteiger partial charge in [-0.2, -0.15) is 0 Å². The molecule has 0 spiro atoms. The Morgan fingerprint density at radius 3 is 2.54 bits per heavy atom. The standard InChI is InChI=1S/C20H19BrClN3O2S/c1-27-12-2-11-25-19(15-5-9-17(22)10-6-15)23-24-20(25)28-13-18(26)14-3-7-16(21)8-4-14/h3-10H,2,11-13H2,1H3. The van der Waals surface area contributed by atoms with Crippen LogP contribution in [0.5, 0.6) is 0 Å². The lowest BCUT2D eigenvalue weighted by Gasteiger charge is -2.10. The maximum absolute atomic E-state index is 12.5. The number of Topliss-reactive ketones (excluding diaryl/α,β-unsaturated/α-hetero) is 1. The van der Waals surface area contributed by atoms with E-state index in [0.29, 0.717) is 34.6 Å². The highest BCUT2D eigenvalue weighted by atomic mass is 79.9. The highest BCUT2D eigenvalue weighted by molar-refractivity contribution is 9.10. The summed E-state index contributed by atoms with van der Waals surface area (Å²) in [7, 11) is 1.68. The number of benzene rings is 2. The molecule has 2 aromatic carbocycles. The Morgan fingerprint density at radius 1 is 1.14 bits per heavy atom. The molecule has 28 heavy (non-hydrogen) atoms. The van der Waals surface area contributed by atoms with Gasteiger partial charge in [0, 0.05) is 40.9 Å². The van der Waals surface area contributed by atoms with E-state index in [9.17, 15) is 4.79 Å². The van der Waals surface area contributed by atoms with Gasteiger partial charge in [-0.15, -0.1) is 10.2 Å². The van der Waals surface area contributed by atoms with Gasteiger partial charge in [0.1, 0.15) is 0 Å². The van der Waals surface area contributed by atoms with Crippen molar-refractivity contribution in [3.8, 4) is 11.4 Å². The number of aromatic nitrogens is 3. The second kappa shape index (κ2) is 10.2. The third-order valence-electron chi connectivity index (χ3n) is 4.05. The number of ketones is 1. The van der Waals surface area contributed by atoms with E-state index in [2.05, 4.69) is 26.1 Å². The van der Waals surface area contributed by atoms with Crippen molar-refractivity contribution in [1.29, 1.82) is 0 Å². The normalized spacial score (nSPS) is 11.0. The fourth-order valence-corrected chi connectivity index (χ4v) is 3.88. The number of thioether (sulfide) groups is 1. The van der Waals surface area contributed by atoms with Crippen molar-refractivity contribution in [3.63, 3.8) is 0 Å². The Balaban J connectivity index is 1.78. The minimum absolute atomic E-state index is 0.0528. The zero-order chi connectivity index (χ0) is 19.9. The van der Waals surface area contributed by atoms with Gasteiger partial charge in [-0.25, -0.2) is 0 Å². The molecule has 146 valence electrons. The number of hydrogen-bond donors (Lipinski definition) is 0. The van der Waals surface area contributed by atoms with Gasteiger partial charge < -0.3 is 9.30 Å². The molecule has 0 bridgehead atoms. The Morgan fingerprint density at radius 2 is 1.86 bits per heavy atom. The van der Waals surface area contributed by atoms with Crippen LogP contribution in [-0.4, -0.2) is 40.0 Å². The van der Waals surface area contributed by atoms with E-state index in [0.717, 1.165) is 22.3 Å². The van der Waals surface area contributed by atoms with Gasteiger partial charge in [0.25, 0.3) is 0 Å². The summed E-state index contributed by atoms with van der Waals surface area (Å²) >= 11 is 10.8. The maximum atomic E-state index is 12.5. The van der Waals surface area contributed by atoms with Crippen LogP contribution < -0.4 is 0 Å². The monoisotopic (exact) mass is 479 g/mol. The molecular weight excluding hydrogens is 462 g/mol. The molecule has 0 amide bonds. The minimum atomic E-state index is 0.0528. The van der Waals surface area contributed by atoms with E-state index in [1.807, 2.05) is 53.1 Å². The minimum Gasteiger partial charge on any atom is -0.385 e. The van der Waals surface area contributed by atoms with Crippen molar-refractivity contribution in [3.05, 3.63) is 63.6 Å². The summed E-state index contributed by atoms with van der Waals surface area (Å²) in [5.74, 6) is 1.10. The van der Waals surface area contributed by atoms with Crippen molar-refractivity contribution >= 4 is 45.1 Å². The number of hydrogen-bond acceptors (Lipinski definition) is 5. The number of rotatable bonds is 9. The molecule has 0 radical (unpaired) electrons. The smallest absolute Gasteiger partial charge is 0.191 e. The van der Waals surface area contributed by atoms with Crippen LogP contribution in [0.1, 0.15) is 16.8 Å². The summed E-state index contributed by atoms with van der Waals surface area (Å²) in [5, 5.41) is 10.0. The van der Waals surface area contributed by atoms with Gasteiger partial charge in [0.2, 0.25) is 0 Å². The molecule has 0 N–H and O–H groups in total. The second-order valence-corrected chi connectivity index (χ2v) is 8.32. The molecule has 1 heterocycles. The molecule has 0 aliphatic carbocycles. The Hall–Kier alpha value is -1.67. The number of nitrogens with zero attached hydrogens (tertiary/aromatic N) is 3. The molecule has 0 aliphatic heterocycles. The fourth-order valence-electron chi connectivity index (χ4n) is 2.63. The topological polar surface area (TPSA) is 57.0 Å². The van der Waals surface area contributed by atoms with Crippen LogP contribution in [0.2, 0.25) is 5.02 Å². The van der Waals surface area contributed by atoms with Crippen molar-refractivity contribution in [2.24, 2.45) is 0 Å². The number of halogens is 2. The molecule has 8 heteroatoms. The molecule has 5 nitrogen and oxygen atoms in total. The average Bonchev–Trinajstić information content (AvgIpc) is 3.10. The molecule has 3 aromatic rings. The lowest BCUT2D eigenvalue weighted by atomic mass is 10.2. The highest BCUT2D eigenvalue weighted by Gasteiger charge is 2.16. The van der Waals surface area contributed by atoms with Gasteiger partial charge in [-0.1, -0.05) is 51.4 Å². The zero-order valence-electron chi connectivity index (χ0n) is 15.3. The van der Waals surface area contributed by atoms with E-state index >= 15 is 0 Å². The van der Waals surface area contributed by atoms with Crippen molar-refractivity contribution in [2.45, 2.75) is 18.1 Å². The van der Waals surface area contributed by atoms with Crippen LogP contribution in [0.15, 0.2) is 58.2 Å². The summed E-state index contributed by atoms with van der Waals surface area (Å²) < 4.78 is 8.15. The fraction of sp³-hybridized carbons (Fsp3) is 0.250. The lowest BCUT2D eigenvalue weighted by molar-refractivity contribution is 0.102. The summed E-state index contributed by atoms with van der Waals surface area (Å²) in [5.41, 5.74) is 1.61. The third-order valence-corrected chi connectivity index (χ3v) is 5.80. The Labute approximate surface area is 181 Å². The van der Waals surface area contributed by atoms with Gasteiger partial charge in [0.15, 0.2) is 16.8 Å². The Bertz CT molecular complexity index is 930. The predicted molar refractivity (Wildman–Crippen MR) is 116 cm³/mol. The molecule has 0 saturated carbocycles. The van der Waals surface area contributed by atoms with Crippen LogP contribution in [0, 0.1) is 0 Å². The van der Waals surface area contributed by atoms with Crippen molar-refractivity contribution in [2.75, 3.05) is 19.5 Å². The van der Waals surface area contributed by atoms with E-state index in [1.165, 1.54) is 11.8 Å². The number of methoxy groups -OCH3 is 1. The third kappa shape index (κ3) is 5.44. The first kappa shape index (κ1) is 21.0.